The van der Waals surface area contributed by atoms with Crippen LogP contribution in [0.1, 0.15) is 64.4 Å². The summed E-state index contributed by atoms with van der Waals surface area (Å²) < 4.78 is 102. The van der Waals surface area contributed by atoms with E-state index in [-0.39, 0.29) is 66.5 Å². The molecule has 0 unspecified atom stereocenters. The molecule has 0 saturated carbocycles. The highest BCUT2D eigenvalue weighted by atomic mass is 32.2. The Balaban J connectivity index is 1.59. The Bertz CT molecular complexity index is 2810. The van der Waals surface area contributed by atoms with Gasteiger partial charge in [-0.25, -0.2) is 8.42 Å². The molecule has 1 heterocycles. The van der Waals surface area contributed by atoms with Crippen LogP contribution in [0.25, 0.3) is 22.0 Å². The molecule has 54 heavy (non-hydrogen) atoms. The molecule has 1 aliphatic carbocycles. The summed E-state index contributed by atoms with van der Waals surface area (Å²) >= 11 is 0. The number of fused-ring (bicyclic) bond motifs is 2. The molecular formula is C37H34N2O12S3. The van der Waals surface area contributed by atoms with Crippen molar-refractivity contribution >= 4 is 63.9 Å². The fourth-order valence-corrected chi connectivity index (χ4v) is 9.47. The van der Waals surface area contributed by atoms with Gasteiger partial charge in [-0.2, -0.15) is 16.8 Å². The Labute approximate surface area is 310 Å². The zero-order valence-corrected chi connectivity index (χ0v) is 31.6. The Morgan fingerprint density at radius 3 is 2.09 bits per heavy atom. The molecule has 4 aromatic carbocycles. The predicted molar refractivity (Wildman–Crippen MR) is 200 cm³/mol. The molecule has 0 bridgehead atoms. The molecular weight excluding hydrogens is 761 g/mol. The highest BCUT2D eigenvalue weighted by Crippen LogP contribution is 2.44. The number of unbranched alkanes of at least 4 members (excludes halogenated alkanes) is 3. The summed E-state index contributed by atoms with van der Waals surface area (Å²) in [5, 5.41) is 2.99. The highest BCUT2D eigenvalue weighted by Gasteiger charge is 2.35. The molecule has 1 aliphatic rings. The number of rotatable bonds is 13. The first-order valence-corrected chi connectivity index (χ1v) is 21.1. The quantitative estimate of drug-likeness (QED) is 0.0739. The number of hydrogen-bond donors (Lipinski definition) is 3. The molecule has 6 rings (SSSR count). The third-order valence-electron chi connectivity index (χ3n) is 9.29. The first kappa shape index (κ1) is 38.5. The molecule has 17 heteroatoms. The van der Waals surface area contributed by atoms with Crippen LogP contribution in [0.15, 0.2) is 92.3 Å². The van der Waals surface area contributed by atoms with Crippen LogP contribution in [0.5, 0.6) is 5.75 Å². The monoisotopic (exact) mass is 794 g/mol. The molecule has 3 N–H and O–H groups in total. The van der Waals surface area contributed by atoms with Gasteiger partial charge in [-0.15, -0.1) is 0 Å². The molecule has 14 nitrogen and oxygen atoms in total. The van der Waals surface area contributed by atoms with Crippen molar-refractivity contribution in [2.75, 3.05) is 18.2 Å². The van der Waals surface area contributed by atoms with Crippen LogP contribution in [0.3, 0.4) is 0 Å². The fraction of sp³-hybridized carbons (Fsp3) is 0.216. The molecule has 5 aromatic rings. The predicted octanol–water partition coefficient (Wildman–Crippen LogP) is 5.58. The Kier molecular flexibility index (Phi) is 10.1. The van der Waals surface area contributed by atoms with Gasteiger partial charge < -0.3 is 14.6 Å². The summed E-state index contributed by atoms with van der Waals surface area (Å²) in [5.74, 6) is -1.99. The molecule has 0 spiro atoms. The molecule has 0 radical (unpaired) electrons. The number of aromatic nitrogens is 1. The van der Waals surface area contributed by atoms with Crippen molar-refractivity contribution < 1.29 is 48.7 Å². The number of carbonyl (C=O) groups is 2. The number of aryl methyl sites for hydroxylation is 1. The van der Waals surface area contributed by atoms with Gasteiger partial charge in [0.2, 0.25) is 0 Å². The Hall–Kier alpha value is -5.20. The standard InChI is InChI=1S/C37H34N2O12S3/c1-4-5-6-9-18-52(43,44)22-13-14-25(29(20-22)53(45,46)47)38-26-15-16-27-33-31(23-10-7-8-11-24(23)36(41)32(26)33)34(37(42)39(27)2)35(40)21-12-17-28(51-3)30(19-21)54(48,49)50/h7-8,10-17,19-20,38H,4-6,9,18H2,1-3H3,(H,45,46,47)(H,48,49,50). The van der Waals surface area contributed by atoms with Gasteiger partial charge in [0.15, 0.2) is 21.4 Å². The van der Waals surface area contributed by atoms with Crippen molar-refractivity contribution in [3.05, 3.63) is 105 Å². The number of hydrogen-bond acceptors (Lipinski definition) is 11. The first-order chi connectivity index (χ1) is 25.4. The second-order valence-corrected chi connectivity index (χ2v) is 17.6. The summed E-state index contributed by atoms with van der Waals surface area (Å²) in [6, 6.07) is 15.5. The number of ether oxygens (including phenoxy) is 1. The second kappa shape index (κ2) is 14.2. The van der Waals surface area contributed by atoms with Crippen molar-refractivity contribution in [3.8, 4) is 16.9 Å². The highest BCUT2D eigenvalue weighted by molar-refractivity contribution is 7.91. The fourth-order valence-electron chi connectivity index (χ4n) is 6.65. The maximum atomic E-state index is 14.3. The number of nitrogens with zero attached hydrogens (tertiary/aromatic N) is 1. The van der Waals surface area contributed by atoms with E-state index in [4.69, 9.17) is 4.74 Å². The first-order valence-electron chi connectivity index (χ1n) is 16.6. The van der Waals surface area contributed by atoms with Crippen LogP contribution in [0, 0.1) is 0 Å². The topological polar surface area (TPSA) is 220 Å². The van der Waals surface area contributed by atoms with E-state index in [0.717, 1.165) is 41.7 Å². The van der Waals surface area contributed by atoms with E-state index in [1.54, 1.807) is 12.1 Å². The summed E-state index contributed by atoms with van der Waals surface area (Å²) in [5.41, 5.74) is -1.30. The van der Waals surface area contributed by atoms with Gasteiger partial charge in [-0.1, -0.05) is 50.5 Å². The van der Waals surface area contributed by atoms with Crippen LogP contribution >= 0.6 is 0 Å². The molecule has 282 valence electrons. The normalized spacial score (nSPS) is 12.8. The van der Waals surface area contributed by atoms with Crippen LogP contribution in [-0.2, 0) is 37.1 Å². The lowest BCUT2D eigenvalue weighted by atomic mass is 9.80. The molecule has 1 aromatic heterocycles. The average molecular weight is 795 g/mol. The van der Waals surface area contributed by atoms with Crippen molar-refractivity contribution in [3.63, 3.8) is 0 Å². The van der Waals surface area contributed by atoms with Gasteiger partial charge in [0.25, 0.3) is 25.8 Å². The summed E-state index contributed by atoms with van der Waals surface area (Å²) in [6.45, 7) is 1.97. The van der Waals surface area contributed by atoms with Crippen molar-refractivity contribution in [2.24, 2.45) is 7.05 Å². The number of nitrogens with one attached hydrogen (secondary N) is 1. The third kappa shape index (κ3) is 6.84. The van der Waals surface area contributed by atoms with E-state index in [9.17, 15) is 48.7 Å². The number of benzene rings is 4. The minimum absolute atomic E-state index is 0.00141. The molecule has 0 fully saturated rings. The Morgan fingerprint density at radius 2 is 1.44 bits per heavy atom. The number of pyridine rings is 1. The van der Waals surface area contributed by atoms with Crippen LogP contribution < -0.4 is 15.6 Å². The molecule has 0 aliphatic heterocycles. The van der Waals surface area contributed by atoms with Crippen LogP contribution in [0.2, 0.25) is 0 Å². The van der Waals surface area contributed by atoms with E-state index in [1.165, 1.54) is 50.6 Å². The van der Waals surface area contributed by atoms with Gasteiger partial charge in [0.05, 0.1) is 45.8 Å². The maximum Gasteiger partial charge on any atom is 0.298 e. The Morgan fingerprint density at radius 1 is 0.778 bits per heavy atom. The molecule has 0 amide bonds. The summed E-state index contributed by atoms with van der Waals surface area (Å²) in [7, 11) is -11.3. The van der Waals surface area contributed by atoms with Crippen molar-refractivity contribution in [1.82, 2.24) is 4.57 Å². The second-order valence-electron chi connectivity index (χ2n) is 12.7. The zero-order chi connectivity index (χ0) is 39.3. The van der Waals surface area contributed by atoms with Gasteiger partial charge in [-0.05, 0) is 60.5 Å². The number of methoxy groups -OCH3 is 1. The largest absolute Gasteiger partial charge is 0.495 e. The smallest absolute Gasteiger partial charge is 0.298 e. The lowest BCUT2D eigenvalue weighted by molar-refractivity contribution is 0.102. The zero-order valence-electron chi connectivity index (χ0n) is 29.1. The minimum Gasteiger partial charge on any atom is -0.495 e. The van der Waals surface area contributed by atoms with Crippen molar-refractivity contribution in [1.29, 1.82) is 0 Å². The SMILES string of the molecule is CCCCCCS(=O)(=O)c1ccc(Nc2ccc3c4c2C(=O)c2ccccc2-c4c(C(=O)c2ccc(OC)c(S(=O)(=O)O)c2)c(=O)n3C)c(S(=O)(=O)O)c1. The van der Waals surface area contributed by atoms with Gasteiger partial charge in [0, 0.05) is 29.1 Å². The number of ketones is 2. The van der Waals surface area contributed by atoms with E-state index < -0.39 is 62.6 Å². The van der Waals surface area contributed by atoms with Gasteiger partial charge >= 0.3 is 0 Å². The molecule has 0 saturated heterocycles. The van der Waals surface area contributed by atoms with Gasteiger partial charge in [-0.3, -0.25) is 23.5 Å². The average Bonchev–Trinajstić information content (AvgIpc) is 3.13. The summed E-state index contributed by atoms with van der Waals surface area (Å²) in [6.07, 6.45) is 2.73. The minimum atomic E-state index is -5.04. The van der Waals surface area contributed by atoms with Crippen molar-refractivity contribution in [2.45, 2.75) is 47.3 Å². The number of carbonyl (C=O) groups excluding carboxylic acids is 2. The third-order valence-corrected chi connectivity index (χ3v) is 12.9. The molecule has 0 atom stereocenters. The van der Waals surface area contributed by atoms with Crippen LogP contribution in [0.4, 0.5) is 11.4 Å². The summed E-state index contributed by atoms with van der Waals surface area (Å²) in [4.78, 5) is 40.9. The maximum absolute atomic E-state index is 14.3. The van der Waals surface area contributed by atoms with E-state index in [0.29, 0.717) is 12.8 Å². The number of anilines is 2. The lowest BCUT2D eigenvalue weighted by Gasteiger charge is -2.26. The van der Waals surface area contributed by atoms with E-state index in [1.807, 2.05) is 6.92 Å². The van der Waals surface area contributed by atoms with E-state index in [2.05, 4.69) is 5.32 Å². The number of sulfone groups is 1. The van der Waals surface area contributed by atoms with Crippen LogP contribution in [-0.4, -0.2) is 63.4 Å². The van der Waals surface area contributed by atoms with E-state index >= 15 is 0 Å². The lowest BCUT2D eigenvalue weighted by Crippen LogP contribution is -2.29. The van der Waals surface area contributed by atoms with Gasteiger partial charge in [0.1, 0.15) is 15.5 Å².